The molecule has 8 nitrogen and oxygen atoms in total. The number of aromatic nitrogens is 1. The zero-order valence-electron chi connectivity index (χ0n) is 18.2. The molecule has 0 spiro atoms. The summed E-state index contributed by atoms with van der Waals surface area (Å²) >= 11 is 0. The van der Waals surface area contributed by atoms with E-state index in [-0.39, 0.29) is 29.4 Å². The Morgan fingerprint density at radius 1 is 0.969 bits per heavy atom. The van der Waals surface area contributed by atoms with Crippen LogP contribution < -0.4 is 14.8 Å². The molecule has 0 radical (unpaired) electrons. The van der Waals surface area contributed by atoms with Gasteiger partial charge in [0.2, 0.25) is 11.7 Å². The number of ether oxygens (including phenoxy) is 2. The van der Waals surface area contributed by atoms with Crippen LogP contribution in [0.25, 0.3) is 0 Å². The van der Waals surface area contributed by atoms with E-state index in [2.05, 4.69) is 10.5 Å². The van der Waals surface area contributed by atoms with Gasteiger partial charge in [-0.2, -0.15) is 0 Å². The van der Waals surface area contributed by atoms with E-state index in [9.17, 15) is 9.59 Å². The van der Waals surface area contributed by atoms with E-state index < -0.39 is 0 Å². The molecule has 1 aliphatic carbocycles. The predicted octanol–water partition coefficient (Wildman–Crippen LogP) is 3.98. The van der Waals surface area contributed by atoms with Crippen LogP contribution in [0.2, 0.25) is 0 Å². The molecular weight excluding hydrogens is 410 g/mol. The molecule has 32 heavy (non-hydrogen) atoms. The maximum Gasteiger partial charge on any atom is 0.294 e. The van der Waals surface area contributed by atoms with E-state index in [1.165, 1.54) is 6.42 Å². The molecule has 1 unspecified atom stereocenters. The van der Waals surface area contributed by atoms with Gasteiger partial charge in [0, 0.05) is 42.7 Å². The highest BCUT2D eigenvalue weighted by atomic mass is 16.6. The molecule has 1 saturated carbocycles. The van der Waals surface area contributed by atoms with Crippen LogP contribution in [-0.2, 0) is 4.79 Å². The van der Waals surface area contributed by atoms with Gasteiger partial charge in [0.15, 0.2) is 11.5 Å². The van der Waals surface area contributed by atoms with Crippen molar-refractivity contribution in [2.45, 2.75) is 50.9 Å². The Bertz CT molecular complexity index is 982. The van der Waals surface area contributed by atoms with Gasteiger partial charge in [0.05, 0.1) is 5.69 Å². The second kappa shape index (κ2) is 9.22. The summed E-state index contributed by atoms with van der Waals surface area (Å²) < 4.78 is 16.4. The van der Waals surface area contributed by atoms with E-state index in [4.69, 9.17) is 14.0 Å². The van der Waals surface area contributed by atoms with Crippen LogP contribution in [-0.4, -0.2) is 48.2 Å². The molecule has 8 heteroatoms. The summed E-state index contributed by atoms with van der Waals surface area (Å²) in [6, 6.07) is 6.97. The first-order valence-corrected chi connectivity index (χ1v) is 11.6. The first kappa shape index (κ1) is 20.8. The Morgan fingerprint density at radius 2 is 1.78 bits per heavy atom. The number of likely N-dealkylation sites (tertiary alicyclic amines) is 1. The van der Waals surface area contributed by atoms with Crippen LogP contribution in [0.1, 0.15) is 67.1 Å². The molecule has 2 amide bonds. The SMILES string of the molecule is O=C(Nc1ccc2c(c1)OCCO2)c1cc(C2CCCN(C(=O)C3CCCCC3)C2)no1. The Labute approximate surface area is 187 Å². The summed E-state index contributed by atoms with van der Waals surface area (Å²) in [5.74, 6) is 1.62. The highest BCUT2D eigenvalue weighted by molar-refractivity contribution is 6.02. The fourth-order valence-corrected chi connectivity index (χ4v) is 4.93. The maximum absolute atomic E-state index is 12.9. The Hall–Kier alpha value is -3.03. The standard InChI is InChI=1S/C24H29N3O5/c28-23(25-18-8-9-20-21(13-18)31-12-11-30-20)22-14-19(26-32-22)17-7-4-10-27(15-17)24(29)16-5-2-1-3-6-16/h8-9,13-14,16-17H,1-7,10-12,15H2,(H,25,28). The Balaban J connectivity index is 1.22. The molecule has 1 atom stereocenters. The number of nitrogens with zero attached hydrogens (tertiary/aromatic N) is 2. The van der Waals surface area contributed by atoms with E-state index in [0.29, 0.717) is 36.9 Å². The van der Waals surface area contributed by atoms with Gasteiger partial charge in [0.1, 0.15) is 13.2 Å². The third kappa shape index (κ3) is 4.45. The first-order chi connectivity index (χ1) is 15.7. The van der Waals surface area contributed by atoms with Gasteiger partial charge < -0.3 is 24.2 Å². The van der Waals surface area contributed by atoms with Gasteiger partial charge in [-0.1, -0.05) is 24.4 Å². The molecule has 5 rings (SSSR count). The lowest BCUT2D eigenvalue weighted by Gasteiger charge is -2.35. The van der Waals surface area contributed by atoms with Gasteiger partial charge in [0.25, 0.3) is 5.91 Å². The predicted molar refractivity (Wildman–Crippen MR) is 117 cm³/mol. The minimum absolute atomic E-state index is 0.0934. The normalized spacial score (nSPS) is 21.2. The lowest BCUT2D eigenvalue weighted by Crippen LogP contribution is -2.42. The molecule has 2 aromatic rings. The Kier molecular flexibility index (Phi) is 6.01. The lowest BCUT2D eigenvalue weighted by atomic mass is 9.87. The van der Waals surface area contributed by atoms with Crippen molar-refractivity contribution in [3.8, 4) is 11.5 Å². The van der Waals surface area contributed by atoms with E-state index in [0.717, 1.165) is 50.8 Å². The molecule has 2 fully saturated rings. The quantitative estimate of drug-likeness (QED) is 0.774. The number of nitrogens with one attached hydrogen (secondary N) is 1. The summed E-state index contributed by atoms with van der Waals surface area (Å²) in [4.78, 5) is 27.6. The van der Waals surface area contributed by atoms with Crippen molar-refractivity contribution in [3.63, 3.8) is 0 Å². The number of hydrogen-bond acceptors (Lipinski definition) is 6. The summed E-state index contributed by atoms with van der Waals surface area (Å²) in [5.41, 5.74) is 1.33. The molecular formula is C24H29N3O5. The fourth-order valence-electron chi connectivity index (χ4n) is 4.93. The number of benzene rings is 1. The van der Waals surface area contributed by atoms with E-state index in [1.807, 2.05) is 4.90 Å². The molecule has 1 aromatic carbocycles. The molecule has 1 N–H and O–H groups in total. The summed E-state index contributed by atoms with van der Waals surface area (Å²) in [7, 11) is 0. The highest BCUT2D eigenvalue weighted by Gasteiger charge is 2.31. The van der Waals surface area contributed by atoms with Gasteiger partial charge in [-0.25, -0.2) is 0 Å². The van der Waals surface area contributed by atoms with Crippen LogP contribution >= 0.6 is 0 Å². The van der Waals surface area contributed by atoms with Crippen LogP contribution in [0.15, 0.2) is 28.8 Å². The van der Waals surface area contributed by atoms with Crippen LogP contribution in [0.5, 0.6) is 11.5 Å². The smallest absolute Gasteiger partial charge is 0.294 e. The largest absolute Gasteiger partial charge is 0.486 e. The van der Waals surface area contributed by atoms with E-state index >= 15 is 0 Å². The second-order valence-corrected chi connectivity index (χ2v) is 8.89. The van der Waals surface area contributed by atoms with Crippen molar-refractivity contribution in [1.82, 2.24) is 10.1 Å². The minimum Gasteiger partial charge on any atom is -0.486 e. The molecule has 2 aliphatic heterocycles. The van der Waals surface area contributed by atoms with Crippen molar-refractivity contribution in [2.75, 3.05) is 31.6 Å². The number of carbonyl (C=O) groups is 2. The number of rotatable bonds is 4. The zero-order valence-corrected chi connectivity index (χ0v) is 18.2. The van der Waals surface area contributed by atoms with Gasteiger partial charge >= 0.3 is 0 Å². The topological polar surface area (TPSA) is 93.9 Å². The summed E-state index contributed by atoms with van der Waals surface area (Å²) in [6.07, 6.45) is 7.43. The average Bonchev–Trinajstić information content (AvgIpc) is 3.35. The summed E-state index contributed by atoms with van der Waals surface area (Å²) in [5, 5.41) is 6.98. The molecule has 0 bridgehead atoms. The van der Waals surface area contributed by atoms with Crippen LogP contribution in [0.3, 0.4) is 0 Å². The molecule has 3 aliphatic rings. The molecule has 1 aromatic heterocycles. The minimum atomic E-state index is -0.369. The Morgan fingerprint density at radius 3 is 2.62 bits per heavy atom. The summed E-state index contributed by atoms with van der Waals surface area (Å²) in [6.45, 7) is 2.45. The van der Waals surface area contributed by atoms with Crippen molar-refractivity contribution in [2.24, 2.45) is 5.92 Å². The number of carbonyl (C=O) groups excluding carboxylic acids is 2. The van der Waals surface area contributed by atoms with Crippen molar-refractivity contribution >= 4 is 17.5 Å². The van der Waals surface area contributed by atoms with Crippen molar-refractivity contribution in [1.29, 1.82) is 0 Å². The van der Waals surface area contributed by atoms with Gasteiger partial charge in [-0.3, -0.25) is 9.59 Å². The van der Waals surface area contributed by atoms with Crippen LogP contribution in [0.4, 0.5) is 5.69 Å². The monoisotopic (exact) mass is 439 g/mol. The second-order valence-electron chi connectivity index (χ2n) is 8.89. The van der Waals surface area contributed by atoms with E-state index in [1.54, 1.807) is 24.3 Å². The van der Waals surface area contributed by atoms with Crippen LogP contribution in [0, 0.1) is 5.92 Å². The third-order valence-electron chi connectivity index (χ3n) is 6.66. The van der Waals surface area contributed by atoms with Crippen molar-refractivity contribution in [3.05, 3.63) is 35.7 Å². The zero-order chi connectivity index (χ0) is 21.9. The number of amides is 2. The lowest BCUT2D eigenvalue weighted by molar-refractivity contribution is -0.137. The molecule has 3 heterocycles. The maximum atomic E-state index is 12.9. The van der Waals surface area contributed by atoms with Gasteiger partial charge in [-0.05, 0) is 37.8 Å². The highest BCUT2D eigenvalue weighted by Crippen LogP contribution is 2.33. The fraction of sp³-hybridized carbons (Fsp3) is 0.542. The number of anilines is 1. The number of piperidine rings is 1. The molecule has 170 valence electrons. The average molecular weight is 440 g/mol. The first-order valence-electron chi connectivity index (χ1n) is 11.6. The number of hydrogen-bond donors (Lipinski definition) is 1. The van der Waals surface area contributed by atoms with Gasteiger partial charge in [-0.15, -0.1) is 0 Å². The third-order valence-corrected chi connectivity index (χ3v) is 6.66. The van der Waals surface area contributed by atoms with Crippen molar-refractivity contribution < 1.29 is 23.6 Å². The number of fused-ring (bicyclic) bond motifs is 1. The molecule has 1 saturated heterocycles.